The van der Waals surface area contributed by atoms with Crippen molar-refractivity contribution in [3.8, 4) is 0 Å². The van der Waals surface area contributed by atoms with Crippen LogP contribution in [-0.2, 0) is 4.79 Å². The average Bonchev–Trinajstić information content (AvgIpc) is 2.27. The topological polar surface area (TPSA) is 17.1 Å². The molecule has 0 bridgehead atoms. The monoisotopic (exact) mass is 202 g/mol. The molecule has 0 saturated heterocycles. The van der Waals surface area contributed by atoms with Crippen LogP contribution in [0, 0.1) is 0 Å². The number of hydrogen-bond acceptors (Lipinski definition) is 1. The molecule has 1 aromatic carbocycles. The van der Waals surface area contributed by atoms with Crippen LogP contribution in [0.1, 0.15) is 38.2 Å². The van der Waals surface area contributed by atoms with Gasteiger partial charge >= 0.3 is 0 Å². The number of benzene rings is 1. The van der Waals surface area contributed by atoms with Gasteiger partial charge in [-0.1, -0.05) is 50.3 Å². The highest BCUT2D eigenvalue weighted by Gasteiger charge is 2.05. The number of rotatable bonds is 6. The predicted molar refractivity (Wildman–Crippen MR) is 64.6 cm³/mol. The Hall–Kier alpha value is -1.37. The van der Waals surface area contributed by atoms with Crippen molar-refractivity contribution in [2.45, 2.75) is 32.6 Å². The summed E-state index contributed by atoms with van der Waals surface area (Å²) < 4.78 is 0. The Morgan fingerprint density at radius 1 is 1.27 bits per heavy atom. The Bertz CT molecular complexity index is 324. The van der Waals surface area contributed by atoms with Crippen molar-refractivity contribution in [3.63, 3.8) is 0 Å². The number of Topliss-reactive ketones (excluding diaryl/α,β-unsaturated/α-hetero) is 1. The normalized spacial score (nSPS) is 9.93. The minimum atomic E-state index is 0.297. The van der Waals surface area contributed by atoms with E-state index in [4.69, 9.17) is 0 Å². The fourth-order valence-electron chi connectivity index (χ4n) is 1.48. The summed E-state index contributed by atoms with van der Waals surface area (Å²) in [6, 6.07) is 9.90. The highest BCUT2D eigenvalue weighted by Crippen LogP contribution is 2.17. The Balaban J connectivity index is 2.46. The van der Waals surface area contributed by atoms with E-state index in [9.17, 15) is 4.79 Å². The minimum Gasteiger partial charge on any atom is -0.299 e. The van der Waals surface area contributed by atoms with Crippen LogP contribution in [0.2, 0.25) is 0 Å². The Labute approximate surface area is 91.8 Å². The molecule has 0 radical (unpaired) electrons. The van der Waals surface area contributed by atoms with Gasteiger partial charge in [0, 0.05) is 12.8 Å². The molecule has 0 heterocycles. The molecule has 0 fully saturated rings. The lowest BCUT2D eigenvalue weighted by molar-refractivity contribution is -0.118. The van der Waals surface area contributed by atoms with Gasteiger partial charge in [-0.3, -0.25) is 4.79 Å². The molecule has 80 valence electrons. The summed E-state index contributed by atoms with van der Waals surface area (Å²) in [6.07, 6.45) is 3.23. The second kappa shape index (κ2) is 6.18. The summed E-state index contributed by atoms with van der Waals surface area (Å²) in [4.78, 5) is 11.5. The number of ketones is 1. The van der Waals surface area contributed by atoms with Gasteiger partial charge in [-0.2, -0.15) is 0 Å². The lowest BCUT2D eigenvalue weighted by atomic mass is 10.0. The molecule has 0 saturated carbocycles. The molecule has 0 aromatic heterocycles. The molecule has 0 aliphatic heterocycles. The maximum atomic E-state index is 11.5. The molecular formula is C14H18O. The van der Waals surface area contributed by atoms with Crippen LogP contribution in [0.3, 0.4) is 0 Å². The number of carbonyl (C=O) groups is 1. The number of allylic oxidation sites excluding steroid dienone is 1. The van der Waals surface area contributed by atoms with Crippen molar-refractivity contribution < 1.29 is 4.79 Å². The Kier molecular flexibility index (Phi) is 4.82. The molecule has 0 amide bonds. The van der Waals surface area contributed by atoms with Crippen molar-refractivity contribution in [1.82, 2.24) is 0 Å². The molecule has 0 unspecified atom stereocenters. The van der Waals surface area contributed by atoms with E-state index in [0.717, 1.165) is 24.0 Å². The standard InChI is InChI=1S/C14H18O/c1-3-4-10-14(15)11-12(2)13-8-6-5-7-9-13/h5-9H,2-4,10-11H2,1H3. The van der Waals surface area contributed by atoms with Crippen molar-refractivity contribution >= 4 is 11.4 Å². The molecule has 1 nitrogen and oxygen atoms in total. The Morgan fingerprint density at radius 3 is 2.53 bits per heavy atom. The highest BCUT2D eigenvalue weighted by molar-refractivity contribution is 5.89. The summed E-state index contributed by atoms with van der Waals surface area (Å²) >= 11 is 0. The van der Waals surface area contributed by atoms with Gasteiger partial charge in [-0.05, 0) is 17.6 Å². The van der Waals surface area contributed by atoms with Gasteiger partial charge < -0.3 is 0 Å². The highest BCUT2D eigenvalue weighted by atomic mass is 16.1. The molecule has 1 aromatic rings. The second-order valence-electron chi connectivity index (χ2n) is 3.79. The van der Waals surface area contributed by atoms with E-state index >= 15 is 0 Å². The van der Waals surface area contributed by atoms with Crippen LogP contribution in [-0.4, -0.2) is 5.78 Å². The third kappa shape index (κ3) is 4.11. The first-order valence-corrected chi connectivity index (χ1v) is 5.49. The van der Waals surface area contributed by atoms with Gasteiger partial charge in [0.2, 0.25) is 0 Å². The SMILES string of the molecule is C=C(CC(=O)CCCC)c1ccccc1. The van der Waals surface area contributed by atoms with Gasteiger partial charge in [-0.25, -0.2) is 0 Å². The summed E-state index contributed by atoms with van der Waals surface area (Å²) in [5.41, 5.74) is 2.00. The van der Waals surface area contributed by atoms with Crippen LogP contribution in [0.5, 0.6) is 0 Å². The van der Waals surface area contributed by atoms with Crippen LogP contribution >= 0.6 is 0 Å². The van der Waals surface area contributed by atoms with Crippen molar-refractivity contribution in [2.24, 2.45) is 0 Å². The third-order valence-electron chi connectivity index (χ3n) is 2.40. The van der Waals surface area contributed by atoms with E-state index in [1.165, 1.54) is 0 Å². The summed E-state index contributed by atoms with van der Waals surface area (Å²) in [6.45, 7) is 6.05. The molecule has 15 heavy (non-hydrogen) atoms. The van der Waals surface area contributed by atoms with Crippen molar-refractivity contribution in [1.29, 1.82) is 0 Å². The zero-order chi connectivity index (χ0) is 11.1. The van der Waals surface area contributed by atoms with Crippen LogP contribution < -0.4 is 0 Å². The quantitative estimate of drug-likeness (QED) is 0.684. The van der Waals surface area contributed by atoms with Crippen molar-refractivity contribution in [3.05, 3.63) is 42.5 Å². The molecule has 0 N–H and O–H groups in total. The van der Waals surface area contributed by atoms with Crippen LogP contribution in [0.4, 0.5) is 0 Å². The zero-order valence-electron chi connectivity index (χ0n) is 9.33. The molecule has 0 aliphatic rings. The molecular weight excluding hydrogens is 184 g/mol. The fourth-order valence-corrected chi connectivity index (χ4v) is 1.48. The summed E-state index contributed by atoms with van der Waals surface area (Å²) in [5.74, 6) is 0.297. The molecule has 1 heteroatoms. The maximum Gasteiger partial charge on any atom is 0.137 e. The summed E-state index contributed by atoms with van der Waals surface area (Å²) in [7, 11) is 0. The molecule has 0 spiro atoms. The Morgan fingerprint density at radius 2 is 1.93 bits per heavy atom. The summed E-state index contributed by atoms with van der Waals surface area (Å²) in [5, 5.41) is 0. The molecule has 1 rings (SSSR count). The van der Waals surface area contributed by atoms with E-state index < -0.39 is 0 Å². The van der Waals surface area contributed by atoms with Gasteiger partial charge in [0.1, 0.15) is 5.78 Å². The first-order chi connectivity index (χ1) is 7.24. The van der Waals surface area contributed by atoms with Gasteiger partial charge in [-0.15, -0.1) is 0 Å². The van der Waals surface area contributed by atoms with Crippen molar-refractivity contribution in [2.75, 3.05) is 0 Å². The van der Waals surface area contributed by atoms with E-state index in [-0.39, 0.29) is 0 Å². The largest absolute Gasteiger partial charge is 0.299 e. The first-order valence-electron chi connectivity index (χ1n) is 5.49. The maximum absolute atomic E-state index is 11.5. The molecule has 0 aliphatic carbocycles. The lowest BCUT2D eigenvalue weighted by Gasteiger charge is -2.04. The fraction of sp³-hybridized carbons (Fsp3) is 0.357. The van der Waals surface area contributed by atoms with E-state index in [2.05, 4.69) is 13.5 Å². The second-order valence-corrected chi connectivity index (χ2v) is 3.79. The van der Waals surface area contributed by atoms with E-state index in [1.807, 2.05) is 30.3 Å². The van der Waals surface area contributed by atoms with Gasteiger partial charge in [0.15, 0.2) is 0 Å². The van der Waals surface area contributed by atoms with E-state index in [0.29, 0.717) is 18.6 Å². The van der Waals surface area contributed by atoms with Gasteiger partial charge in [0.25, 0.3) is 0 Å². The average molecular weight is 202 g/mol. The van der Waals surface area contributed by atoms with Gasteiger partial charge in [0.05, 0.1) is 0 Å². The smallest absolute Gasteiger partial charge is 0.137 e. The number of hydrogen-bond donors (Lipinski definition) is 0. The first kappa shape index (κ1) is 11.7. The number of carbonyl (C=O) groups excluding carboxylic acids is 1. The number of unbranched alkanes of at least 4 members (excludes halogenated alkanes) is 1. The zero-order valence-corrected chi connectivity index (χ0v) is 9.33. The van der Waals surface area contributed by atoms with E-state index in [1.54, 1.807) is 0 Å². The van der Waals surface area contributed by atoms with Crippen LogP contribution in [0.15, 0.2) is 36.9 Å². The van der Waals surface area contributed by atoms with Crippen LogP contribution in [0.25, 0.3) is 5.57 Å². The molecule has 0 atom stereocenters. The minimum absolute atomic E-state index is 0.297. The lowest BCUT2D eigenvalue weighted by Crippen LogP contribution is -1.98. The predicted octanol–water partition coefficient (Wildman–Crippen LogP) is 3.85. The third-order valence-corrected chi connectivity index (χ3v) is 2.40.